The van der Waals surface area contributed by atoms with Gasteiger partial charge in [-0.2, -0.15) is 0 Å². The zero-order valence-electron chi connectivity index (χ0n) is 7.65. The SMILES string of the molecule is CC(C)C(NN)c1nncn1C. The van der Waals surface area contributed by atoms with Crippen LogP contribution in [0.15, 0.2) is 6.33 Å². The number of aromatic nitrogens is 3. The van der Waals surface area contributed by atoms with Crippen molar-refractivity contribution < 1.29 is 0 Å². The number of hydrogen-bond donors (Lipinski definition) is 2. The first-order valence-electron chi connectivity index (χ1n) is 3.96. The Morgan fingerprint density at radius 1 is 1.58 bits per heavy atom. The number of nitrogens with zero attached hydrogens (tertiary/aromatic N) is 3. The molecule has 0 aliphatic carbocycles. The van der Waals surface area contributed by atoms with Crippen LogP contribution in [-0.2, 0) is 7.05 Å². The molecule has 12 heavy (non-hydrogen) atoms. The number of aryl methyl sites for hydroxylation is 1. The highest BCUT2D eigenvalue weighted by Crippen LogP contribution is 2.16. The highest BCUT2D eigenvalue weighted by molar-refractivity contribution is 4.94. The Hall–Kier alpha value is -0.940. The Morgan fingerprint density at radius 3 is 2.58 bits per heavy atom. The predicted octanol–water partition coefficient (Wildman–Crippen LogP) is -0.0245. The van der Waals surface area contributed by atoms with E-state index in [1.54, 1.807) is 6.33 Å². The van der Waals surface area contributed by atoms with Crippen LogP contribution in [0, 0.1) is 5.92 Å². The van der Waals surface area contributed by atoms with E-state index in [9.17, 15) is 0 Å². The summed E-state index contributed by atoms with van der Waals surface area (Å²) in [6.45, 7) is 4.17. The molecule has 0 aliphatic heterocycles. The first kappa shape index (κ1) is 9.15. The van der Waals surface area contributed by atoms with E-state index in [0.717, 1.165) is 5.82 Å². The number of rotatable bonds is 3. The maximum Gasteiger partial charge on any atom is 0.151 e. The molecular formula is C7H15N5. The first-order valence-corrected chi connectivity index (χ1v) is 3.96. The second-order valence-corrected chi connectivity index (χ2v) is 3.19. The number of hydrazine groups is 1. The molecule has 1 rings (SSSR count). The van der Waals surface area contributed by atoms with E-state index in [-0.39, 0.29) is 6.04 Å². The number of hydrogen-bond acceptors (Lipinski definition) is 4. The lowest BCUT2D eigenvalue weighted by molar-refractivity contribution is 0.392. The highest BCUT2D eigenvalue weighted by atomic mass is 15.3. The van der Waals surface area contributed by atoms with Crippen molar-refractivity contribution in [3.63, 3.8) is 0 Å². The molecule has 1 aromatic rings. The van der Waals surface area contributed by atoms with Gasteiger partial charge < -0.3 is 4.57 Å². The van der Waals surface area contributed by atoms with Gasteiger partial charge in [-0.05, 0) is 5.92 Å². The summed E-state index contributed by atoms with van der Waals surface area (Å²) in [6, 6.07) is 0.0671. The Labute approximate surface area is 71.9 Å². The van der Waals surface area contributed by atoms with Gasteiger partial charge >= 0.3 is 0 Å². The Bertz CT molecular complexity index is 242. The Balaban J connectivity index is 2.87. The molecule has 1 atom stereocenters. The van der Waals surface area contributed by atoms with Crippen LogP contribution in [0.5, 0.6) is 0 Å². The van der Waals surface area contributed by atoms with Gasteiger partial charge in [-0.1, -0.05) is 13.8 Å². The second-order valence-electron chi connectivity index (χ2n) is 3.19. The summed E-state index contributed by atoms with van der Waals surface area (Å²) in [5, 5.41) is 7.77. The van der Waals surface area contributed by atoms with Crippen LogP contribution in [0.3, 0.4) is 0 Å². The van der Waals surface area contributed by atoms with Crippen molar-refractivity contribution in [2.24, 2.45) is 18.8 Å². The fraction of sp³-hybridized carbons (Fsp3) is 0.714. The van der Waals surface area contributed by atoms with E-state index in [4.69, 9.17) is 5.84 Å². The molecule has 0 fully saturated rings. The van der Waals surface area contributed by atoms with Crippen molar-refractivity contribution in [3.05, 3.63) is 12.2 Å². The minimum absolute atomic E-state index is 0.0671. The summed E-state index contributed by atoms with van der Waals surface area (Å²) in [7, 11) is 1.90. The summed E-state index contributed by atoms with van der Waals surface area (Å²) >= 11 is 0. The maximum atomic E-state index is 5.40. The van der Waals surface area contributed by atoms with Crippen LogP contribution in [0.2, 0.25) is 0 Å². The minimum atomic E-state index is 0.0671. The van der Waals surface area contributed by atoms with E-state index in [1.165, 1.54) is 0 Å². The van der Waals surface area contributed by atoms with Gasteiger partial charge in [0.15, 0.2) is 5.82 Å². The van der Waals surface area contributed by atoms with Crippen molar-refractivity contribution in [2.75, 3.05) is 0 Å². The molecule has 1 heterocycles. The lowest BCUT2D eigenvalue weighted by Crippen LogP contribution is -2.33. The van der Waals surface area contributed by atoms with Gasteiger partial charge in [-0.15, -0.1) is 10.2 Å². The molecule has 0 bridgehead atoms. The standard InChI is InChI=1S/C7H15N5/c1-5(2)6(10-8)7-11-9-4-12(7)3/h4-6,10H,8H2,1-3H3. The Morgan fingerprint density at radius 2 is 2.25 bits per heavy atom. The monoisotopic (exact) mass is 169 g/mol. The van der Waals surface area contributed by atoms with Crippen LogP contribution in [0.1, 0.15) is 25.7 Å². The van der Waals surface area contributed by atoms with Gasteiger partial charge in [0.2, 0.25) is 0 Å². The van der Waals surface area contributed by atoms with E-state index < -0.39 is 0 Å². The summed E-state index contributed by atoms with van der Waals surface area (Å²) in [5.74, 6) is 6.67. The molecular weight excluding hydrogens is 154 g/mol. The van der Waals surface area contributed by atoms with Gasteiger partial charge in [-0.25, -0.2) is 5.43 Å². The van der Waals surface area contributed by atoms with Gasteiger partial charge in [0.1, 0.15) is 6.33 Å². The van der Waals surface area contributed by atoms with Crippen molar-refractivity contribution in [3.8, 4) is 0 Å². The highest BCUT2D eigenvalue weighted by Gasteiger charge is 2.18. The van der Waals surface area contributed by atoms with Gasteiger partial charge in [0.05, 0.1) is 6.04 Å². The quantitative estimate of drug-likeness (QED) is 0.492. The molecule has 3 N–H and O–H groups in total. The van der Waals surface area contributed by atoms with Crippen LogP contribution in [0.25, 0.3) is 0 Å². The molecule has 0 saturated carbocycles. The van der Waals surface area contributed by atoms with Crippen LogP contribution < -0.4 is 11.3 Å². The summed E-state index contributed by atoms with van der Waals surface area (Å²) < 4.78 is 1.87. The Kier molecular flexibility index (Phi) is 2.78. The van der Waals surface area contributed by atoms with Crippen molar-refractivity contribution in [1.29, 1.82) is 0 Å². The summed E-state index contributed by atoms with van der Waals surface area (Å²) in [4.78, 5) is 0. The predicted molar refractivity (Wildman–Crippen MR) is 45.9 cm³/mol. The molecule has 5 heteroatoms. The van der Waals surface area contributed by atoms with Crippen molar-refractivity contribution in [1.82, 2.24) is 20.2 Å². The van der Waals surface area contributed by atoms with Crippen molar-refractivity contribution >= 4 is 0 Å². The molecule has 5 nitrogen and oxygen atoms in total. The lowest BCUT2D eigenvalue weighted by atomic mass is 10.0. The zero-order valence-corrected chi connectivity index (χ0v) is 7.65. The molecule has 0 aliphatic rings. The maximum absolute atomic E-state index is 5.40. The molecule has 0 spiro atoms. The van der Waals surface area contributed by atoms with Crippen LogP contribution in [0.4, 0.5) is 0 Å². The molecule has 0 aromatic carbocycles. The third-order valence-electron chi connectivity index (χ3n) is 1.87. The van der Waals surface area contributed by atoms with E-state index in [2.05, 4.69) is 29.5 Å². The van der Waals surface area contributed by atoms with Gasteiger partial charge in [-0.3, -0.25) is 5.84 Å². The number of nitrogens with two attached hydrogens (primary N) is 1. The smallest absolute Gasteiger partial charge is 0.151 e. The largest absolute Gasteiger partial charge is 0.319 e. The topological polar surface area (TPSA) is 68.8 Å². The lowest BCUT2D eigenvalue weighted by Gasteiger charge is -2.18. The fourth-order valence-corrected chi connectivity index (χ4v) is 1.14. The van der Waals surface area contributed by atoms with E-state index in [0.29, 0.717) is 5.92 Å². The van der Waals surface area contributed by atoms with E-state index >= 15 is 0 Å². The minimum Gasteiger partial charge on any atom is -0.319 e. The average Bonchev–Trinajstić information content (AvgIpc) is 2.38. The van der Waals surface area contributed by atoms with Gasteiger partial charge in [0.25, 0.3) is 0 Å². The summed E-state index contributed by atoms with van der Waals surface area (Å²) in [6.07, 6.45) is 1.67. The van der Waals surface area contributed by atoms with Gasteiger partial charge in [0, 0.05) is 7.05 Å². The third kappa shape index (κ3) is 1.62. The first-order chi connectivity index (χ1) is 5.66. The molecule has 1 aromatic heterocycles. The molecule has 1 unspecified atom stereocenters. The number of nitrogens with one attached hydrogen (secondary N) is 1. The molecule has 68 valence electrons. The third-order valence-corrected chi connectivity index (χ3v) is 1.87. The zero-order chi connectivity index (χ0) is 9.14. The molecule has 0 amide bonds. The van der Waals surface area contributed by atoms with E-state index in [1.807, 2.05) is 11.6 Å². The normalized spacial score (nSPS) is 13.8. The molecule has 0 radical (unpaired) electrons. The average molecular weight is 169 g/mol. The molecule has 0 saturated heterocycles. The fourth-order valence-electron chi connectivity index (χ4n) is 1.14. The van der Waals surface area contributed by atoms with Crippen molar-refractivity contribution in [2.45, 2.75) is 19.9 Å². The summed E-state index contributed by atoms with van der Waals surface area (Å²) in [5.41, 5.74) is 2.72. The second kappa shape index (κ2) is 3.64. The van der Waals surface area contributed by atoms with Crippen LogP contribution in [-0.4, -0.2) is 14.8 Å². The van der Waals surface area contributed by atoms with Crippen LogP contribution >= 0.6 is 0 Å².